The number of carboxylic acid groups (broad SMARTS) is 1. The zero-order valence-corrected chi connectivity index (χ0v) is 14.2. The molecular formula is C17H12BrN3O3. The lowest BCUT2D eigenvalue weighted by molar-refractivity contribution is 0.0697. The SMILES string of the molecule is CCc1ccc2c(-c3cc(Br)cc(C(=O)O)c3)c(C#N)c(=O)[nH]n12. The highest BCUT2D eigenvalue weighted by atomic mass is 79.9. The van der Waals surface area contributed by atoms with Crippen LogP contribution in [0, 0.1) is 11.3 Å². The maximum absolute atomic E-state index is 12.3. The minimum atomic E-state index is -1.08. The molecule has 0 bridgehead atoms. The van der Waals surface area contributed by atoms with E-state index in [2.05, 4.69) is 21.0 Å². The number of benzene rings is 1. The number of hydrogen-bond acceptors (Lipinski definition) is 3. The first kappa shape index (κ1) is 16.0. The number of halogens is 1. The maximum atomic E-state index is 12.3. The van der Waals surface area contributed by atoms with E-state index in [1.54, 1.807) is 10.6 Å². The van der Waals surface area contributed by atoms with Gasteiger partial charge in [-0.05, 0) is 42.3 Å². The third-order valence-electron chi connectivity index (χ3n) is 3.82. The lowest BCUT2D eigenvalue weighted by atomic mass is 9.99. The number of aromatic amines is 1. The largest absolute Gasteiger partial charge is 0.478 e. The quantitative estimate of drug-likeness (QED) is 0.722. The number of fused-ring (bicyclic) bond motifs is 1. The summed E-state index contributed by atoms with van der Waals surface area (Å²) in [5.41, 5.74) is 1.98. The lowest BCUT2D eigenvalue weighted by Gasteiger charge is -2.10. The predicted molar refractivity (Wildman–Crippen MR) is 92.2 cm³/mol. The molecule has 0 spiro atoms. The number of aromatic nitrogens is 2. The molecule has 0 atom stereocenters. The van der Waals surface area contributed by atoms with Gasteiger partial charge in [0.1, 0.15) is 11.6 Å². The standard InChI is InChI=1S/C17H12BrN3O3/c1-2-12-3-4-14-15(13(8-19)16(22)20-21(12)14)9-5-10(17(23)24)7-11(18)6-9/h3-7H,2H2,1H3,(H,20,22)(H,23,24). The van der Waals surface area contributed by atoms with E-state index in [9.17, 15) is 20.0 Å². The number of nitrogens with zero attached hydrogens (tertiary/aromatic N) is 2. The summed E-state index contributed by atoms with van der Waals surface area (Å²) in [6, 6.07) is 10.2. The van der Waals surface area contributed by atoms with Gasteiger partial charge >= 0.3 is 5.97 Å². The van der Waals surface area contributed by atoms with Crippen LogP contribution in [0.15, 0.2) is 39.6 Å². The Bertz CT molecular complexity index is 1070. The number of rotatable bonds is 3. The van der Waals surface area contributed by atoms with E-state index in [4.69, 9.17) is 0 Å². The minimum Gasteiger partial charge on any atom is -0.478 e. The summed E-state index contributed by atoms with van der Waals surface area (Å²) in [5.74, 6) is -1.08. The Morgan fingerprint density at radius 2 is 2.12 bits per heavy atom. The third kappa shape index (κ3) is 2.51. The average Bonchev–Trinajstić information content (AvgIpc) is 2.95. The molecule has 2 heterocycles. The van der Waals surface area contributed by atoms with Crippen molar-refractivity contribution >= 4 is 27.4 Å². The monoisotopic (exact) mass is 385 g/mol. The molecule has 24 heavy (non-hydrogen) atoms. The van der Waals surface area contributed by atoms with Gasteiger partial charge in [0.25, 0.3) is 5.56 Å². The fraction of sp³-hybridized carbons (Fsp3) is 0.118. The molecule has 0 aliphatic rings. The zero-order valence-electron chi connectivity index (χ0n) is 12.6. The normalized spacial score (nSPS) is 10.7. The second-order valence-electron chi connectivity index (χ2n) is 5.24. The Morgan fingerprint density at radius 3 is 2.75 bits per heavy atom. The Hall–Kier alpha value is -2.85. The summed E-state index contributed by atoms with van der Waals surface area (Å²) in [5, 5.41) is 21.4. The highest BCUT2D eigenvalue weighted by molar-refractivity contribution is 9.10. The molecule has 0 radical (unpaired) electrons. The van der Waals surface area contributed by atoms with Gasteiger partial charge in [-0.15, -0.1) is 0 Å². The van der Waals surface area contributed by atoms with Gasteiger partial charge in [-0.25, -0.2) is 4.79 Å². The van der Waals surface area contributed by atoms with E-state index in [-0.39, 0.29) is 11.1 Å². The third-order valence-corrected chi connectivity index (χ3v) is 4.27. The van der Waals surface area contributed by atoms with Crippen molar-refractivity contribution in [3.63, 3.8) is 0 Å². The van der Waals surface area contributed by atoms with Crippen LogP contribution in [0.1, 0.15) is 28.5 Å². The van der Waals surface area contributed by atoms with Crippen molar-refractivity contribution in [2.45, 2.75) is 13.3 Å². The van der Waals surface area contributed by atoms with E-state index in [1.165, 1.54) is 12.1 Å². The summed E-state index contributed by atoms with van der Waals surface area (Å²) in [6.45, 7) is 1.96. The van der Waals surface area contributed by atoms with Gasteiger partial charge in [-0.1, -0.05) is 22.9 Å². The van der Waals surface area contributed by atoms with E-state index >= 15 is 0 Å². The Labute approximate surface area is 145 Å². The minimum absolute atomic E-state index is 0.0438. The molecule has 0 fully saturated rings. The summed E-state index contributed by atoms with van der Waals surface area (Å²) in [4.78, 5) is 23.6. The van der Waals surface area contributed by atoms with Gasteiger partial charge in [0.05, 0.1) is 11.1 Å². The molecule has 2 aromatic heterocycles. The first-order valence-corrected chi connectivity index (χ1v) is 7.96. The van der Waals surface area contributed by atoms with Gasteiger partial charge in [0, 0.05) is 15.7 Å². The number of aromatic carboxylic acids is 1. The zero-order chi connectivity index (χ0) is 17.4. The molecule has 6 nitrogen and oxygen atoms in total. The van der Waals surface area contributed by atoms with Crippen molar-refractivity contribution in [3.8, 4) is 17.2 Å². The van der Waals surface area contributed by atoms with Crippen molar-refractivity contribution in [1.29, 1.82) is 5.26 Å². The lowest BCUT2D eigenvalue weighted by Crippen LogP contribution is -2.17. The molecule has 0 aliphatic heterocycles. The molecule has 1 aromatic carbocycles. The highest BCUT2D eigenvalue weighted by Crippen LogP contribution is 2.31. The number of nitriles is 1. The molecule has 0 saturated carbocycles. The van der Waals surface area contributed by atoms with Crippen LogP contribution < -0.4 is 5.56 Å². The van der Waals surface area contributed by atoms with Crippen LogP contribution in [0.5, 0.6) is 0 Å². The number of aryl methyl sites for hydroxylation is 1. The number of hydrogen-bond donors (Lipinski definition) is 2. The smallest absolute Gasteiger partial charge is 0.335 e. The van der Waals surface area contributed by atoms with Crippen LogP contribution in [0.2, 0.25) is 0 Å². The second-order valence-corrected chi connectivity index (χ2v) is 6.15. The van der Waals surface area contributed by atoms with E-state index in [0.29, 0.717) is 27.5 Å². The van der Waals surface area contributed by atoms with Gasteiger partial charge in [-0.2, -0.15) is 5.26 Å². The fourth-order valence-electron chi connectivity index (χ4n) is 2.74. The van der Waals surface area contributed by atoms with Crippen molar-refractivity contribution in [3.05, 3.63) is 62.0 Å². The summed E-state index contributed by atoms with van der Waals surface area (Å²) < 4.78 is 2.20. The average molecular weight is 386 g/mol. The van der Waals surface area contributed by atoms with Gasteiger partial charge in [-0.3, -0.25) is 14.4 Å². The summed E-state index contributed by atoms with van der Waals surface area (Å²) >= 11 is 3.29. The molecular weight excluding hydrogens is 374 g/mol. The molecule has 3 rings (SSSR count). The molecule has 7 heteroatoms. The first-order chi connectivity index (χ1) is 11.5. The number of carboxylic acids is 1. The Balaban J connectivity index is 2.45. The van der Waals surface area contributed by atoms with E-state index in [1.807, 2.05) is 25.1 Å². The molecule has 0 unspecified atom stereocenters. The van der Waals surface area contributed by atoms with Crippen LogP contribution in [-0.4, -0.2) is 20.7 Å². The van der Waals surface area contributed by atoms with Crippen LogP contribution in [0.4, 0.5) is 0 Å². The predicted octanol–water partition coefficient (Wildman–Crippen LogP) is 3.19. The molecule has 120 valence electrons. The second kappa shape index (κ2) is 5.98. The maximum Gasteiger partial charge on any atom is 0.335 e. The fourth-order valence-corrected chi connectivity index (χ4v) is 3.23. The van der Waals surface area contributed by atoms with Crippen LogP contribution >= 0.6 is 15.9 Å². The van der Waals surface area contributed by atoms with Crippen molar-refractivity contribution in [2.75, 3.05) is 0 Å². The number of nitrogens with one attached hydrogen (secondary N) is 1. The van der Waals surface area contributed by atoms with Gasteiger partial charge < -0.3 is 5.11 Å². The van der Waals surface area contributed by atoms with E-state index < -0.39 is 11.5 Å². The first-order valence-electron chi connectivity index (χ1n) is 7.17. The number of carbonyl (C=O) groups is 1. The van der Waals surface area contributed by atoms with Crippen LogP contribution in [0.3, 0.4) is 0 Å². The molecule has 0 amide bonds. The molecule has 2 N–H and O–H groups in total. The molecule has 0 aliphatic carbocycles. The van der Waals surface area contributed by atoms with Gasteiger partial charge in [0.15, 0.2) is 0 Å². The molecule has 0 saturated heterocycles. The summed E-state index contributed by atoms with van der Waals surface area (Å²) in [7, 11) is 0. The Morgan fingerprint density at radius 1 is 1.38 bits per heavy atom. The van der Waals surface area contributed by atoms with Crippen molar-refractivity contribution < 1.29 is 9.90 Å². The summed E-state index contributed by atoms with van der Waals surface area (Å²) in [6.07, 6.45) is 0.703. The topological polar surface area (TPSA) is 98.4 Å². The molecule has 3 aromatic rings. The highest BCUT2D eigenvalue weighted by Gasteiger charge is 2.18. The van der Waals surface area contributed by atoms with E-state index in [0.717, 1.165) is 5.69 Å². The van der Waals surface area contributed by atoms with Crippen molar-refractivity contribution in [2.24, 2.45) is 0 Å². The van der Waals surface area contributed by atoms with Crippen LogP contribution in [0.25, 0.3) is 16.6 Å². The van der Waals surface area contributed by atoms with Crippen LogP contribution in [-0.2, 0) is 6.42 Å². The van der Waals surface area contributed by atoms with Crippen molar-refractivity contribution in [1.82, 2.24) is 9.61 Å². The van der Waals surface area contributed by atoms with Gasteiger partial charge in [0.2, 0.25) is 0 Å². The number of H-pyrrole nitrogens is 1. The Kier molecular flexibility index (Phi) is 3.99.